The van der Waals surface area contributed by atoms with Crippen LogP contribution in [0.15, 0.2) is 24.3 Å². The fourth-order valence-electron chi connectivity index (χ4n) is 3.09. The van der Waals surface area contributed by atoms with Crippen molar-refractivity contribution in [3.63, 3.8) is 0 Å². The molecule has 3 rings (SSSR count). The first-order chi connectivity index (χ1) is 13.2. The van der Waals surface area contributed by atoms with Gasteiger partial charge < -0.3 is 35.6 Å². The standard InChI is InChI=1S/C19H23NO8/c21-12-5-1-10(7-13(12)22)2-6-16(24)28-15-9-19(27,8-14(23)17(15)25)18(26)20-11-3-4-11/h1-2,5-7,11,14-15,17,21-23,25,27H,3-4,8-9H2,(H,20,26)/b6-2+/t14-,15-,17-,19+/m1/s1. The Labute approximate surface area is 160 Å². The highest BCUT2D eigenvalue weighted by Crippen LogP contribution is 2.33. The average Bonchev–Trinajstić information content (AvgIpc) is 3.44. The van der Waals surface area contributed by atoms with Gasteiger partial charge in [0.1, 0.15) is 17.8 Å². The number of rotatable bonds is 5. The predicted octanol–water partition coefficient (Wildman–Crippen LogP) is -0.452. The van der Waals surface area contributed by atoms with Gasteiger partial charge in [0.25, 0.3) is 5.91 Å². The summed E-state index contributed by atoms with van der Waals surface area (Å²) in [6.07, 6.45) is -0.853. The molecule has 4 atom stereocenters. The average molecular weight is 393 g/mol. The summed E-state index contributed by atoms with van der Waals surface area (Å²) in [5.41, 5.74) is -1.53. The highest BCUT2D eigenvalue weighted by atomic mass is 16.6. The van der Waals surface area contributed by atoms with Crippen molar-refractivity contribution in [2.75, 3.05) is 0 Å². The number of aromatic hydroxyl groups is 2. The molecule has 9 nitrogen and oxygen atoms in total. The Morgan fingerprint density at radius 3 is 2.50 bits per heavy atom. The van der Waals surface area contributed by atoms with Crippen molar-refractivity contribution in [3.05, 3.63) is 29.8 Å². The summed E-state index contributed by atoms with van der Waals surface area (Å²) in [4.78, 5) is 24.3. The van der Waals surface area contributed by atoms with Gasteiger partial charge in [-0.25, -0.2) is 4.79 Å². The fourth-order valence-corrected chi connectivity index (χ4v) is 3.09. The molecule has 2 aliphatic rings. The van der Waals surface area contributed by atoms with Gasteiger partial charge >= 0.3 is 5.97 Å². The number of carbonyl (C=O) groups is 2. The molecule has 152 valence electrons. The number of hydrogen-bond acceptors (Lipinski definition) is 8. The van der Waals surface area contributed by atoms with E-state index in [1.54, 1.807) is 0 Å². The Morgan fingerprint density at radius 2 is 1.86 bits per heavy atom. The third kappa shape index (κ3) is 4.61. The molecule has 0 spiro atoms. The normalized spacial score (nSPS) is 30.2. The zero-order valence-electron chi connectivity index (χ0n) is 15.0. The summed E-state index contributed by atoms with van der Waals surface area (Å²) in [5, 5.41) is 52.1. The second-order valence-corrected chi connectivity index (χ2v) is 7.30. The van der Waals surface area contributed by atoms with Crippen molar-refractivity contribution >= 4 is 18.0 Å². The quantitative estimate of drug-likeness (QED) is 0.223. The second-order valence-electron chi connectivity index (χ2n) is 7.30. The summed E-state index contributed by atoms with van der Waals surface area (Å²) < 4.78 is 5.13. The van der Waals surface area contributed by atoms with E-state index in [9.17, 15) is 35.1 Å². The maximum absolute atomic E-state index is 12.3. The van der Waals surface area contributed by atoms with Gasteiger partial charge in [0.2, 0.25) is 0 Å². The number of benzene rings is 1. The second kappa shape index (κ2) is 7.78. The largest absolute Gasteiger partial charge is 0.504 e. The summed E-state index contributed by atoms with van der Waals surface area (Å²) in [5.74, 6) is -2.18. The van der Waals surface area contributed by atoms with Crippen molar-refractivity contribution in [3.8, 4) is 11.5 Å². The van der Waals surface area contributed by atoms with E-state index in [0.29, 0.717) is 5.56 Å². The maximum atomic E-state index is 12.3. The smallest absolute Gasteiger partial charge is 0.331 e. The van der Waals surface area contributed by atoms with Gasteiger partial charge in [-0.1, -0.05) is 6.07 Å². The molecule has 1 amide bonds. The van der Waals surface area contributed by atoms with Gasteiger partial charge in [-0.3, -0.25) is 4.79 Å². The third-order valence-corrected chi connectivity index (χ3v) is 4.87. The SMILES string of the molecule is O=C(/C=C/c1ccc(O)c(O)c1)O[C@@H]1C[C@](O)(C(=O)NC2CC2)C[C@@H](O)[C@H]1O. The van der Waals surface area contributed by atoms with E-state index in [1.807, 2.05) is 0 Å². The molecule has 0 bridgehead atoms. The monoisotopic (exact) mass is 393 g/mol. The molecule has 9 heteroatoms. The van der Waals surface area contributed by atoms with Crippen molar-refractivity contribution in [2.24, 2.45) is 0 Å². The molecule has 0 heterocycles. The molecule has 2 aliphatic carbocycles. The molecule has 0 aliphatic heterocycles. The number of aliphatic hydroxyl groups excluding tert-OH is 2. The lowest BCUT2D eigenvalue weighted by atomic mass is 9.79. The minimum atomic E-state index is -1.95. The molecule has 28 heavy (non-hydrogen) atoms. The van der Waals surface area contributed by atoms with Gasteiger partial charge in [-0.05, 0) is 36.6 Å². The topological polar surface area (TPSA) is 157 Å². The number of amides is 1. The van der Waals surface area contributed by atoms with Gasteiger partial charge in [0, 0.05) is 25.0 Å². The van der Waals surface area contributed by atoms with Gasteiger partial charge in [0.15, 0.2) is 11.5 Å². The molecule has 1 aromatic carbocycles. The van der Waals surface area contributed by atoms with Crippen LogP contribution in [0.25, 0.3) is 6.08 Å². The third-order valence-electron chi connectivity index (χ3n) is 4.87. The van der Waals surface area contributed by atoms with E-state index < -0.39 is 35.8 Å². The van der Waals surface area contributed by atoms with Crippen LogP contribution in [0.4, 0.5) is 0 Å². The maximum Gasteiger partial charge on any atom is 0.331 e. The molecule has 2 saturated carbocycles. The molecular formula is C19H23NO8. The number of phenols is 2. The van der Waals surface area contributed by atoms with Crippen LogP contribution in [0.5, 0.6) is 11.5 Å². The Morgan fingerprint density at radius 1 is 1.14 bits per heavy atom. The molecule has 0 saturated heterocycles. The highest BCUT2D eigenvalue weighted by Gasteiger charge is 2.50. The van der Waals surface area contributed by atoms with Crippen molar-refractivity contribution < 1.29 is 39.9 Å². The first kappa shape index (κ1) is 20.1. The number of carbonyl (C=O) groups excluding carboxylic acids is 2. The van der Waals surface area contributed by atoms with E-state index in [-0.39, 0.29) is 30.4 Å². The molecule has 6 N–H and O–H groups in total. The van der Waals surface area contributed by atoms with Crippen molar-refractivity contribution in [1.82, 2.24) is 5.32 Å². The number of aliphatic hydroxyl groups is 3. The zero-order chi connectivity index (χ0) is 20.5. The zero-order valence-corrected chi connectivity index (χ0v) is 15.0. The number of esters is 1. The van der Waals surface area contributed by atoms with Crippen LogP contribution in [-0.2, 0) is 14.3 Å². The Balaban J connectivity index is 1.64. The van der Waals surface area contributed by atoms with Crippen molar-refractivity contribution in [1.29, 1.82) is 0 Å². The summed E-state index contributed by atoms with van der Waals surface area (Å²) in [6.45, 7) is 0. The summed E-state index contributed by atoms with van der Waals surface area (Å²) in [7, 11) is 0. The van der Waals surface area contributed by atoms with Crippen LogP contribution in [0, 0.1) is 0 Å². The van der Waals surface area contributed by atoms with Crippen LogP contribution in [0.2, 0.25) is 0 Å². The number of nitrogens with one attached hydrogen (secondary N) is 1. The van der Waals surface area contributed by atoms with Gasteiger partial charge in [0.05, 0.1) is 6.10 Å². The first-order valence-corrected chi connectivity index (χ1v) is 8.98. The highest BCUT2D eigenvalue weighted by molar-refractivity contribution is 5.88. The van der Waals surface area contributed by atoms with E-state index >= 15 is 0 Å². The van der Waals surface area contributed by atoms with E-state index in [1.165, 1.54) is 24.3 Å². The lowest BCUT2D eigenvalue weighted by Crippen LogP contribution is -2.60. The van der Waals surface area contributed by atoms with Crippen LogP contribution >= 0.6 is 0 Å². The van der Waals surface area contributed by atoms with Crippen LogP contribution in [0.1, 0.15) is 31.2 Å². The summed E-state index contributed by atoms with van der Waals surface area (Å²) in [6, 6.07) is 3.95. The molecule has 1 aromatic rings. The number of hydrogen-bond donors (Lipinski definition) is 6. The molecule has 0 aromatic heterocycles. The molecule has 0 radical (unpaired) electrons. The fraction of sp³-hybridized carbons (Fsp3) is 0.474. The van der Waals surface area contributed by atoms with E-state index in [4.69, 9.17) is 4.74 Å². The molecule has 2 fully saturated rings. The van der Waals surface area contributed by atoms with E-state index in [0.717, 1.165) is 18.9 Å². The van der Waals surface area contributed by atoms with Crippen molar-refractivity contribution in [2.45, 2.75) is 55.6 Å². The summed E-state index contributed by atoms with van der Waals surface area (Å²) >= 11 is 0. The minimum Gasteiger partial charge on any atom is -0.504 e. The van der Waals surface area contributed by atoms with Gasteiger partial charge in [-0.2, -0.15) is 0 Å². The Bertz CT molecular complexity index is 790. The Kier molecular flexibility index (Phi) is 5.59. The lowest BCUT2D eigenvalue weighted by molar-refractivity contribution is -0.187. The Hall–Kier alpha value is -2.62. The first-order valence-electron chi connectivity index (χ1n) is 8.98. The van der Waals surface area contributed by atoms with E-state index in [2.05, 4.69) is 5.32 Å². The predicted molar refractivity (Wildman–Crippen MR) is 96.0 cm³/mol. The lowest BCUT2D eigenvalue weighted by Gasteiger charge is -2.40. The van der Waals surface area contributed by atoms with Crippen LogP contribution in [0.3, 0.4) is 0 Å². The number of phenolic OH excluding ortho intramolecular Hbond substituents is 2. The van der Waals surface area contributed by atoms with Crippen LogP contribution in [-0.4, -0.2) is 67.4 Å². The minimum absolute atomic E-state index is 0.00572. The molecular weight excluding hydrogens is 370 g/mol. The molecule has 0 unspecified atom stereocenters. The van der Waals surface area contributed by atoms with Crippen LogP contribution < -0.4 is 5.32 Å². The van der Waals surface area contributed by atoms with Gasteiger partial charge in [-0.15, -0.1) is 0 Å². The number of ether oxygens (including phenoxy) is 1.